The van der Waals surface area contributed by atoms with E-state index in [1.165, 1.54) is 0 Å². The molecule has 0 fully saturated rings. The van der Waals surface area contributed by atoms with Gasteiger partial charge in [0.05, 0.1) is 0 Å². The Balaban J connectivity index is 2.81. The summed E-state index contributed by atoms with van der Waals surface area (Å²) >= 11 is 0. The summed E-state index contributed by atoms with van der Waals surface area (Å²) in [7, 11) is 1.80. The van der Waals surface area contributed by atoms with Gasteiger partial charge >= 0.3 is 0 Å². The van der Waals surface area contributed by atoms with Crippen molar-refractivity contribution < 1.29 is 0 Å². The van der Waals surface area contributed by atoms with Crippen molar-refractivity contribution in [2.75, 3.05) is 23.4 Å². The standard InChI is InChI=1S/C9H17N5/c1-4-6(2)12-8-5-7(11-3)13-9(10)14-8/h5-6H,4H2,1-3H3,(H4,10,11,12,13,14). The molecule has 0 spiro atoms. The highest BCUT2D eigenvalue weighted by atomic mass is 15.1. The van der Waals surface area contributed by atoms with Crippen LogP contribution in [0, 0.1) is 0 Å². The molecule has 5 nitrogen and oxygen atoms in total. The van der Waals surface area contributed by atoms with Gasteiger partial charge in [0.15, 0.2) is 0 Å². The molecule has 1 aromatic heterocycles. The molecule has 0 saturated heterocycles. The summed E-state index contributed by atoms with van der Waals surface area (Å²) in [6.07, 6.45) is 1.04. The molecule has 1 heterocycles. The number of aromatic nitrogens is 2. The summed E-state index contributed by atoms with van der Waals surface area (Å²) in [5, 5.41) is 6.16. The Kier molecular flexibility index (Phi) is 3.50. The summed E-state index contributed by atoms with van der Waals surface area (Å²) in [6, 6.07) is 2.22. The highest BCUT2D eigenvalue weighted by Gasteiger charge is 2.03. The van der Waals surface area contributed by atoms with Crippen molar-refractivity contribution in [2.24, 2.45) is 0 Å². The van der Waals surface area contributed by atoms with E-state index in [-0.39, 0.29) is 5.95 Å². The predicted molar refractivity (Wildman–Crippen MR) is 59.4 cm³/mol. The third-order valence-corrected chi connectivity index (χ3v) is 2.01. The maximum Gasteiger partial charge on any atom is 0.223 e. The molecule has 0 aliphatic rings. The lowest BCUT2D eigenvalue weighted by atomic mass is 10.2. The number of nitrogens with two attached hydrogens (primary N) is 1. The molecule has 0 bridgehead atoms. The molecule has 0 radical (unpaired) electrons. The molecule has 1 aromatic rings. The topological polar surface area (TPSA) is 75.9 Å². The van der Waals surface area contributed by atoms with Gasteiger partial charge < -0.3 is 16.4 Å². The van der Waals surface area contributed by atoms with E-state index >= 15 is 0 Å². The van der Waals surface area contributed by atoms with Crippen LogP contribution in [-0.4, -0.2) is 23.1 Å². The molecule has 0 saturated carbocycles. The van der Waals surface area contributed by atoms with Crippen molar-refractivity contribution in [1.29, 1.82) is 0 Å². The number of anilines is 3. The maximum atomic E-state index is 5.55. The minimum Gasteiger partial charge on any atom is -0.373 e. The van der Waals surface area contributed by atoms with E-state index in [2.05, 4.69) is 34.4 Å². The van der Waals surface area contributed by atoms with Crippen molar-refractivity contribution in [3.05, 3.63) is 6.07 Å². The van der Waals surface area contributed by atoms with E-state index in [0.29, 0.717) is 6.04 Å². The van der Waals surface area contributed by atoms with E-state index in [1.54, 1.807) is 7.05 Å². The van der Waals surface area contributed by atoms with E-state index in [9.17, 15) is 0 Å². The average Bonchev–Trinajstić information content (AvgIpc) is 2.16. The molecule has 0 aliphatic heterocycles. The van der Waals surface area contributed by atoms with Gasteiger partial charge in [-0.1, -0.05) is 6.92 Å². The van der Waals surface area contributed by atoms with Crippen LogP contribution in [0.15, 0.2) is 6.07 Å². The lowest BCUT2D eigenvalue weighted by Crippen LogP contribution is -2.15. The minimum atomic E-state index is 0.280. The Morgan fingerprint density at radius 1 is 1.43 bits per heavy atom. The molecular formula is C9H17N5. The minimum absolute atomic E-state index is 0.280. The molecular weight excluding hydrogens is 178 g/mol. The summed E-state index contributed by atoms with van der Waals surface area (Å²) in [4.78, 5) is 8.09. The van der Waals surface area contributed by atoms with Crippen LogP contribution in [0.5, 0.6) is 0 Å². The van der Waals surface area contributed by atoms with Gasteiger partial charge in [0, 0.05) is 19.2 Å². The van der Waals surface area contributed by atoms with Crippen LogP contribution in [0.3, 0.4) is 0 Å². The molecule has 0 aliphatic carbocycles. The average molecular weight is 195 g/mol. The molecule has 0 aromatic carbocycles. The third kappa shape index (κ3) is 2.76. The Morgan fingerprint density at radius 2 is 2.07 bits per heavy atom. The number of nitrogen functional groups attached to an aromatic ring is 1. The van der Waals surface area contributed by atoms with Gasteiger partial charge in [0.1, 0.15) is 11.6 Å². The Labute approximate surface area is 84.1 Å². The first-order chi connectivity index (χ1) is 6.65. The maximum absolute atomic E-state index is 5.55. The van der Waals surface area contributed by atoms with E-state index < -0.39 is 0 Å². The molecule has 4 N–H and O–H groups in total. The van der Waals surface area contributed by atoms with Gasteiger partial charge in [-0.3, -0.25) is 0 Å². The quantitative estimate of drug-likeness (QED) is 0.675. The van der Waals surface area contributed by atoms with Crippen LogP contribution < -0.4 is 16.4 Å². The SMILES string of the molecule is CCC(C)Nc1cc(NC)nc(N)n1. The van der Waals surface area contributed by atoms with Gasteiger partial charge in [0.2, 0.25) is 5.95 Å². The summed E-state index contributed by atoms with van der Waals surface area (Å²) in [5.74, 6) is 1.77. The second-order valence-corrected chi connectivity index (χ2v) is 3.20. The fourth-order valence-electron chi connectivity index (χ4n) is 1.02. The van der Waals surface area contributed by atoms with Gasteiger partial charge in [-0.2, -0.15) is 9.97 Å². The Bertz CT molecular complexity index is 299. The van der Waals surface area contributed by atoms with Crippen LogP contribution in [0.2, 0.25) is 0 Å². The first-order valence-corrected chi connectivity index (χ1v) is 4.74. The van der Waals surface area contributed by atoms with Crippen LogP contribution in [0.4, 0.5) is 17.6 Å². The Hall–Kier alpha value is -1.52. The number of rotatable bonds is 4. The predicted octanol–water partition coefficient (Wildman–Crippen LogP) is 1.31. The van der Waals surface area contributed by atoms with Crippen LogP contribution >= 0.6 is 0 Å². The van der Waals surface area contributed by atoms with Crippen LogP contribution in [-0.2, 0) is 0 Å². The number of nitrogens with zero attached hydrogens (tertiary/aromatic N) is 2. The third-order valence-electron chi connectivity index (χ3n) is 2.01. The monoisotopic (exact) mass is 195 g/mol. The molecule has 78 valence electrons. The number of hydrogen-bond donors (Lipinski definition) is 3. The Morgan fingerprint density at radius 3 is 2.64 bits per heavy atom. The van der Waals surface area contributed by atoms with Gasteiger partial charge in [-0.05, 0) is 13.3 Å². The van der Waals surface area contributed by atoms with Crippen LogP contribution in [0.25, 0.3) is 0 Å². The van der Waals surface area contributed by atoms with Gasteiger partial charge in [-0.25, -0.2) is 0 Å². The highest BCUT2D eigenvalue weighted by molar-refractivity contribution is 5.50. The zero-order valence-electron chi connectivity index (χ0n) is 8.83. The number of nitrogens with one attached hydrogen (secondary N) is 2. The first-order valence-electron chi connectivity index (χ1n) is 4.74. The molecule has 14 heavy (non-hydrogen) atoms. The second-order valence-electron chi connectivity index (χ2n) is 3.20. The van der Waals surface area contributed by atoms with E-state index in [1.807, 2.05) is 6.07 Å². The zero-order valence-corrected chi connectivity index (χ0v) is 8.83. The lowest BCUT2D eigenvalue weighted by molar-refractivity contribution is 0.759. The van der Waals surface area contributed by atoms with Crippen molar-refractivity contribution in [3.63, 3.8) is 0 Å². The van der Waals surface area contributed by atoms with Crippen molar-refractivity contribution in [2.45, 2.75) is 26.3 Å². The fraction of sp³-hybridized carbons (Fsp3) is 0.556. The van der Waals surface area contributed by atoms with Crippen molar-refractivity contribution in [1.82, 2.24) is 9.97 Å². The zero-order chi connectivity index (χ0) is 10.6. The molecule has 1 atom stereocenters. The van der Waals surface area contributed by atoms with Gasteiger partial charge in [-0.15, -0.1) is 0 Å². The molecule has 5 heteroatoms. The smallest absolute Gasteiger partial charge is 0.223 e. The van der Waals surface area contributed by atoms with E-state index in [0.717, 1.165) is 18.1 Å². The first kappa shape index (κ1) is 10.6. The summed E-state index contributed by atoms with van der Waals surface area (Å²) in [6.45, 7) is 4.21. The summed E-state index contributed by atoms with van der Waals surface area (Å²) in [5.41, 5.74) is 5.55. The normalized spacial score (nSPS) is 12.2. The van der Waals surface area contributed by atoms with E-state index in [4.69, 9.17) is 5.73 Å². The lowest BCUT2D eigenvalue weighted by Gasteiger charge is -2.12. The number of hydrogen-bond acceptors (Lipinski definition) is 5. The molecule has 0 amide bonds. The largest absolute Gasteiger partial charge is 0.373 e. The van der Waals surface area contributed by atoms with Crippen LogP contribution in [0.1, 0.15) is 20.3 Å². The summed E-state index contributed by atoms with van der Waals surface area (Å²) < 4.78 is 0. The van der Waals surface area contributed by atoms with Crippen molar-refractivity contribution >= 4 is 17.6 Å². The molecule has 1 rings (SSSR count). The molecule has 1 unspecified atom stereocenters. The van der Waals surface area contributed by atoms with Crippen molar-refractivity contribution in [3.8, 4) is 0 Å². The second kappa shape index (κ2) is 4.64. The fourth-order valence-corrected chi connectivity index (χ4v) is 1.02. The highest BCUT2D eigenvalue weighted by Crippen LogP contribution is 2.13. The van der Waals surface area contributed by atoms with Gasteiger partial charge in [0.25, 0.3) is 0 Å².